The lowest BCUT2D eigenvalue weighted by Gasteiger charge is -2.11. The summed E-state index contributed by atoms with van der Waals surface area (Å²) in [4.78, 5) is 4.28. The Hall–Kier alpha value is -1.89. The monoisotopic (exact) mass is 310 g/mol. The van der Waals surface area contributed by atoms with Crippen LogP contribution >= 0.6 is 0 Å². The van der Waals surface area contributed by atoms with E-state index in [9.17, 15) is 13.5 Å². The van der Waals surface area contributed by atoms with Gasteiger partial charge in [-0.1, -0.05) is 25.9 Å². The van der Waals surface area contributed by atoms with Crippen molar-refractivity contribution in [2.75, 3.05) is 0 Å². The van der Waals surface area contributed by atoms with Crippen LogP contribution in [0.4, 0.5) is 0 Å². The van der Waals surface area contributed by atoms with Gasteiger partial charge in [-0.25, -0.2) is 8.42 Å². The molecule has 0 aliphatic carbocycles. The molecule has 2 aromatic rings. The van der Waals surface area contributed by atoms with Crippen molar-refractivity contribution in [3.05, 3.63) is 36.0 Å². The molecular formula is C14H18N2O4S. The first-order valence-electron chi connectivity index (χ1n) is 6.49. The molecule has 0 amide bonds. The highest BCUT2D eigenvalue weighted by atomic mass is 32.2. The summed E-state index contributed by atoms with van der Waals surface area (Å²) in [5.41, 5.74) is -0.316. The minimum atomic E-state index is -3.65. The van der Waals surface area contributed by atoms with Gasteiger partial charge in [0.25, 0.3) is 0 Å². The van der Waals surface area contributed by atoms with Crippen LogP contribution < -0.4 is 0 Å². The SMILES string of the molecule is C[C@@H](c1nc(C(C)(C)C)no1)S(=O)(=O)c1ccc(O)cc1. The van der Waals surface area contributed by atoms with Crippen molar-refractivity contribution in [2.45, 2.75) is 43.3 Å². The molecule has 1 N–H and O–H groups in total. The Labute approximate surface area is 123 Å². The van der Waals surface area contributed by atoms with Crippen molar-refractivity contribution in [3.63, 3.8) is 0 Å². The van der Waals surface area contributed by atoms with Gasteiger partial charge in [0.05, 0.1) is 4.90 Å². The highest BCUT2D eigenvalue weighted by Crippen LogP contribution is 2.29. The molecule has 6 nitrogen and oxygen atoms in total. The number of sulfone groups is 1. The molecule has 7 heteroatoms. The number of hydrogen-bond acceptors (Lipinski definition) is 6. The van der Waals surface area contributed by atoms with E-state index in [-0.39, 0.29) is 22.0 Å². The summed E-state index contributed by atoms with van der Waals surface area (Å²) in [6, 6.07) is 5.35. The number of phenolic OH excluding ortho intramolecular Hbond substituents is 1. The van der Waals surface area contributed by atoms with Crippen LogP contribution in [0.25, 0.3) is 0 Å². The van der Waals surface area contributed by atoms with Crippen LogP contribution in [0.1, 0.15) is 44.7 Å². The van der Waals surface area contributed by atoms with Crippen molar-refractivity contribution in [1.29, 1.82) is 0 Å². The Morgan fingerprint density at radius 3 is 2.24 bits per heavy atom. The van der Waals surface area contributed by atoms with Gasteiger partial charge in [-0.05, 0) is 31.2 Å². The Morgan fingerprint density at radius 2 is 1.76 bits per heavy atom. The van der Waals surface area contributed by atoms with Gasteiger partial charge in [0.1, 0.15) is 11.0 Å². The Bertz CT molecular complexity index is 727. The van der Waals surface area contributed by atoms with Gasteiger partial charge >= 0.3 is 0 Å². The maximum absolute atomic E-state index is 12.5. The van der Waals surface area contributed by atoms with Crippen LogP contribution in [0.5, 0.6) is 5.75 Å². The largest absolute Gasteiger partial charge is 0.508 e. The molecule has 1 atom stereocenters. The van der Waals surface area contributed by atoms with E-state index in [0.717, 1.165) is 0 Å². The Kier molecular flexibility index (Phi) is 3.79. The molecule has 21 heavy (non-hydrogen) atoms. The van der Waals surface area contributed by atoms with Gasteiger partial charge < -0.3 is 9.63 Å². The molecule has 1 aromatic carbocycles. The zero-order valence-corrected chi connectivity index (χ0v) is 13.2. The van der Waals surface area contributed by atoms with Gasteiger partial charge in [-0.15, -0.1) is 0 Å². The van der Waals surface area contributed by atoms with E-state index >= 15 is 0 Å². The number of aromatic nitrogens is 2. The third-order valence-electron chi connectivity index (χ3n) is 3.09. The highest BCUT2D eigenvalue weighted by Gasteiger charge is 2.31. The fraction of sp³-hybridized carbons (Fsp3) is 0.429. The average Bonchev–Trinajstić information content (AvgIpc) is 2.87. The summed E-state index contributed by atoms with van der Waals surface area (Å²) >= 11 is 0. The van der Waals surface area contributed by atoms with Crippen molar-refractivity contribution in [3.8, 4) is 5.75 Å². The van der Waals surface area contributed by atoms with E-state index in [2.05, 4.69) is 10.1 Å². The number of aromatic hydroxyl groups is 1. The molecule has 0 fully saturated rings. The lowest BCUT2D eigenvalue weighted by molar-refractivity contribution is 0.361. The highest BCUT2D eigenvalue weighted by molar-refractivity contribution is 7.91. The maximum atomic E-state index is 12.5. The second-order valence-electron chi connectivity index (χ2n) is 5.89. The van der Waals surface area contributed by atoms with Crippen LogP contribution in [0.15, 0.2) is 33.7 Å². The predicted molar refractivity (Wildman–Crippen MR) is 76.7 cm³/mol. The molecule has 0 saturated heterocycles. The molecule has 0 saturated carbocycles. The van der Waals surface area contributed by atoms with Crippen LogP contribution in [0, 0.1) is 0 Å². The van der Waals surface area contributed by atoms with Crippen LogP contribution in [-0.2, 0) is 15.3 Å². The lowest BCUT2D eigenvalue weighted by atomic mass is 9.96. The molecule has 0 bridgehead atoms. The minimum absolute atomic E-state index is 0.00871. The summed E-state index contributed by atoms with van der Waals surface area (Å²) in [5.74, 6) is 0.535. The topological polar surface area (TPSA) is 93.3 Å². The van der Waals surface area contributed by atoms with E-state index in [4.69, 9.17) is 4.52 Å². The number of nitrogens with zero attached hydrogens (tertiary/aromatic N) is 2. The Morgan fingerprint density at radius 1 is 1.19 bits per heavy atom. The van der Waals surface area contributed by atoms with Gasteiger partial charge in [0, 0.05) is 5.41 Å². The van der Waals surface area contributed by atoms with E-state index < -0.39 is 15.1 Å². The third-order valence-corrected chi connectivity index (χ3v) is 5.15. The second kappa shape index (κ2) is 5.14. The van der Waals surface area contributed by atoms with E-state index in [1.165, 1.54) is 31.2 Å². The molecule has 0 aliphatic heterocycles. The first kappa shape index (κ1) is 15.5. The van der Waals surface area contributed by atoms with Gasteiger partial charge in [0.2, 0.25) is 5.89 Å². The molecule has 1 heterocycles. The molecular weight excluding hydrogens is 292 g/mol. The second-order valence-corrected chi connectivity index (χ2v) is 8.16. The van der Waals surface area contributed by atoms with Gasteiger partial charge in [0.15, 0.2) is 15.7 Å². The molecule has 0 spiro atoms. The maximum Gasteiger partial charge on any atom is 0.245 e. The number of hydrogen-bond donors (Lipinski definition) is 1. The molecule has 0 unspecified atom stereocenters. The summed E-state index contributed by atoms with van der Waals surface area (Å²) in [6.07, 6.45) is 0. The van der Waals surface area contributed by atoms with Crippen LogP contribution in [-0.4, -0.2) is 23.7 Å². The van der Waals surface area contributed by atoms with Crippen molar-refractivity contribution >= 4 is 9.84 Å². The first-order chi connectivity index (χ1) is 9.62. The third kappa shape index (κ3) is 3.07. The quantitative estimate of drug-likeness (QED) is 0.936. The normalized spacial score (nSPS) is 14.1. The van der Waals surface area contributed by atoms with Crippen LogP contribution in [0.3, 0.4) is 0 Å². The first-order valence-corrected chi connectivity index (χ1v) is 8.04. The zero-order chi connectivity index (χ0) is 15.8. The standard InChI is InChI=1S/C14H18N2O4S/c1-9(12-15-13(16-20-12)14(2,3)4)21(18,19)11-7-5-10(17)6-8-11/h5-9,17H,1-4H3/t9-/m0/s1. The van der Waals surface area contributed by atoms with E-state index in [1.54, 1.807) is 0 Å². The molecule has 0 radical (unpaired) electrons. The van der Waals surface area contributed by atoms with Gasteiger partial charge in [-0.3, -0.25) is 0 Å². The zero-order valence-electron chi connectivity index (χ0n) is 12.4. The van der Waals surface area contributed by atoms with E-state index in [1.807, 2.05) is 20.8 Å². The molecule has 2 rings (SSSR count). The van der Waals surface area contributed by atoms with Crippen LogP contribution in [0.2, 0.25) is 0 Å². The molecule has 0 aliphatic rings. The van der Waals surface area contributed by atoms with Crippen molar-refractivity contribution in [2.24, 2.45) is 0 Å². The summed E-state index contributed by atoms with van der Waals surface area (Å²) in [6.45, 7) is 7.25. The summed E-state index contributed by atoms with van der Waals surface area (Å²) < 4.78 is 30.1. The number of phenols is 1. The summed E-state index contributed by atoms with van der Waals surface area (Å²) in [7, 11) is -3.65. The fourth-order valence-electron chi connectivity index (χ4n) is 1.68. The minimum Gasteiger partial charge on any atom is -0.508 e. The summed E-state index contributed by atoms with van der Waals surface area (Å²) in [5, 5.41) is 12.1. The van der Waals surface area contributed by atoms with Crippen molar-refractivity contribution in [1.82, 2.24) is 10.1 Å². The molecule has 1 aromatic heterocycles. The smallest absolute Gasteiger partial charge is 0.245 e. The number of rotatable bonds is 3. The Balaban J connectivity index is 2.36. The predicted octanol–water partition coefficient (Wildman–Crippen LogP) is 2.61. The average molecular weight is 310 g/mol. The fourth-order valence-corrected chi connectivity index (χ4v) is 2.96. The number of benzene rings is 1. The van der Waals surface area contributed by atoms with E-state index in [0.29, 0.717) is 5.82 Å². The van der Waals surface area contributed by atoms with Gasteiger partial charge in [-0.2, -0.15) is 4.98 Å². The lowest BCUT2D eigenvalue weighted by Crippen LogP contribution is -2.15. The molecule has 114 valence electrons. The van der Waals surface area contributed by atoms with Crippen molar-refractivity contribution < 1.29 is 18.0 Å².